The van der Waals surface area contributed by atoms with Crippen LogP contribution in [0.4, 0.5) is 0 Å². The van der Waals surface area contributed by atoms with E-state index in [1.165, 1.54) is 12.3 Å². The van der Waals surface area contributed by atoms with Crippen LogP contribution in [0.2, 0.25) is 0 Å². The monoisotopic (exact) mass is 473 g/mol. The highest BCUT2D eigenvalue weighted by Crippen LogP contribution is 2.77. The van der Waals surface area contributed by atoms with Crippen LogP contribution in [0.5, 0.6) is 0 Å². The topological polar surface area (TPSA) is 161 Å². The molecule has 3 fully saturated rings. The molecule has 2 unspecified atom stereocenters. The van der Waals surface area contributed by atoms with Crippen molar-refractivity contribution in [2.45, 2.75) is 76.2 Å². The molecule has 13 heteroatoms. The van der Waals surface area contributed by atoms with E-state index in [0.717, 1.165) is 4.57 Å². The number of phosphoric ester groups is 1. The molecule has 1 saturated carbocycles. The zero-order valence-corrected chi connectivity index (χ0v) is 19.2. The molecule has 1 spiro atoms. The minimum atomic E-state index is -3.96. The molecule has 12 nitrogen and oxygen atoms in total. The summed E-state index contributed by atoms with van der Waals surface area (Å²) in [4.78, 5) is 37.8. The second kappa shape index (κ2) is 7.89. The van der Waals surface area contributed by atoms with E-state index in [0.29, 0.717) is 6.42 Å². The average molecular weight is 473 g/mol. The van der Waals surface area contributed by atoms with Crippen molar-refractivity contribution < 1.29 is 32.4 Å². The highest BCUT2D eigenvalue weighted by atomic mass is 31.2. The van der Waals surface area contributed by atoms with Crippen LogP contribution < -0.4 is 17.0 Å². The molecule has 7 atom stereocenters. The predicted molar refractivity (Wildman–Crippen MR) is 110 cm³/mol. The number of esters is 1. The van der Waals surface area contributed by atoms with Gasteiger partial charge in [0.1, 0.15) is 12.2 Å². The first-order chi connectivity index (χ1) is 14.9. The number of aromatic amines is 1. The number of phosphoric acid groups is 1. The Morgan fingerprint density at radius 1 is 1.38 bits per heavy atom. The van der Waals surface area contributed by atoms with Crippen LogP contribution in [-0.4, -0.2) is 51.6 Å². The molecule has 1 aromatic rings. The fraction of sp³-hybridized carbons (Fsp3) is 0.737. The number of fused-ring (bicyclic) bond motifs is 1. The van der Waals surface area contributed by atoms with Crippen molar-refractivity contribution in [2.24, 2.45) is 11.7 Å². The Kier molecular flexibility index (Phi) is 5.76. The first kappa shape index (κ1) is 23.3. The van der Waals surface area contributed by atoms with E-state index in [1.54, 1.807) is 20.8 Å². The van der Waals surface area contributed by atoms with Crippen LogP contribution in [0.3, 0.4) is 0 Å². The maximum absolute atomic E-state index is 13.0. The molecular weight excluding hydrogens is 445 g/mol. The number of H-pyrrole nitrogens is 1. The molecular formula is C19H28N3O9P. The van der Waals surface area contributed by atoms with Gasteiger partial charge < -0.3 is 15.2 Å². The summed E-state index contributed by atoms with van der Waals surface area (Å²) in [5.74, 6) is -0.745. The van der Waals surface area contributed by atoms with Crippen molar-refractivity contribution >= 4 is 13.8 Å². The number of carbonyl (C=O) groups is 1. The van der Waals surface area contributed by atoms with E-state index < -0.39 is 54.6 Å². The maximum atomic E-state index is 13.0. The minimum Gasteiger partial charge on any atom is -0.463 e. The van der Waals surface area contributed by atoms with Gasteiger partial charge in [-0.2, -0.15) is 0 Å². The quantitative estimate of drug-likeness (QED) is 0.408. The fourth-order valence-corrected chi connectivity index (χ4v) is 6.20. The number of nitrogens with two attached hydrogens (primary N) is 1. The molecule has 0 aromatic carbocycles. The third-order valence-electron chi connectivity index (χ3n) is 6.14. The molecule has 0 amide bonds. The summed E-state index contributed by atoms with van der Waals surface area (Å²) in [7, 11) is -3.96. The Labute approximate surface area is 183 Å². The van der Waals surface area contributed by atoms with Crippen molar-refractivity contribution in [3.63, 3.8) is 0 Å². The molecule has 2 aliphatic heterocycles. The highest BCUT2D eigenvalue weighted by molar-refractivity contribution is 7.48. The smallest absolute Gasteiger partial charge is 0.463 e. The first-order valence-electron chi connectivity index (χ1n) is 10.5. The van der Waals surface area contributed by atoms with Gasteiger partial charge in [-0.25, -0.2) is 9.36 Å². The van der Waals surface area contributed by atoms with Gasteiger partial charge in [0.2, 0.25) is 0 Å². The molecule has 0 bridgehead atoms. The number of hydrogen-bond donors (Lipinski definition) is 2. The van der Waals surface area contributed by atoms with E-state index in [-0.39, 0.29) is 25.1 Å². The number of nitrogens with one attached hydrogen (secondary N) is 1. The standard InChI is InChI=1S/C19H28N3O9P/c1-5-11(15(24)28-10(2)3)7-9-27-32(26)30-14-13-19(14,31-32)18(4,20)16(29-13)22-8-6-12(23)21-17(22)25/h6,8,10-11,13-14,16H,5,7,9,20H2,1-4H3,(H,21,23,25)/t11?,13-,14?,16-,18+,19+,32+/m1/s1. The summed E-state index contributed by atoms with van der Waals surface area (Å²) in [5, 5.41) is 0. The molecule has 32 heavy (non-hydrogen) atoms. The molecule has 3 N–H and O–H groups in total. The Morgan fingerprint density at radius 3 is 2.72 bits per heavy atom. The van der Waals surface area contributed by atoms with Gasteiger partial charge in [-0.05, 0) is 33.6 Å². The summed E-state index contributed by atoms with van der Waals surface area (Å²) in [5.41, 5.74) is 2.70. The van der Waals surface area contributed by atoms with Crippen LogP contribution >= 0.6 is 7.82 Å². The van der Waals surface area contributed by atoms with Crippen molar-refractivity contribution in [3.8, 4) is 0 Å². The van der Waals surface area contributed by atoms with Crippen molar-refractivity contribution in [2.75, 3.05) is 6.61 Å². The van der Waals surface area contributed by atoms with Gasteiger partial charge in [0.25, 0.3) is 5.56 Å². The number of ether oxygens (including phenoxy) is 2. The molecule has 178 valence electrons. The van der Waals surface area contributed by atoms with Gasteiger partial charge in [-0.3, -0.25) is 32.7 Å². The van der Waals surface area contributed by atoms with Crippen molar-refractivity contribution in [1.82, 2.24) is 9.55 Å². The SMILES string of the molecule is CCC(CCO[P@@]1(=O)OC2[C@H]3O[C@@H](n4ccc(=O)[nH]c4=O)[C@](C)(N)[C@@]23O1)C(=O)OC(C)C. The van der Waals surface area contributed by atoms with Crippen LogP contribution in [0.1, 0.15) is 46.8 Å². The van der Waals surface area contributed by atoms with E-state index in [9.17, 15) is 18.9 Å². The summed E-state index contributed by atoms with van der Waals surface area (Å²) in [6.45, 7) is 6.95. The summed E-state index contributed by atoms with van der Waals surface area (Å²) >= 11 is 0. The first-order valence-corrected chi connectivity index (χ1v) is 12.0. The van der Waals surface area contributed by atoms with Crippen molar-refractivity contribution in [1.29, 1.82) is 0 Å². The Hall–Kier alpha value is -1.82. The molecule has 1 aromatic heterocycles. The number of rotatable bonds is 8. The van der Waals surface area contributed by atoms with E-state index in [4.69, 9.17) is 28.8 Å². The summed E-state index contributed by atoms with van der Waals surface area (Å²) in [6.07, 6.45) is -0.458. The van der Waals surface area contributed by atoms with Crippen LogP contribution in [0.15, 0.2) is 21.9 Å². The zero-order chi connectivity index (χ0) is 23.5. The second-order valence-corrected chi connectivity index (χ2v) is 10.3. The largest absolute Gasteiger partial charge is 0.476 e. The summed E-state index contributed by atoms with van der Waals surface area (Å²) < 4.78 is 42.0. The van der Waals surface area contributed by atoms with E-state index >= 15 is 0 Å². The third kappa shape index (κ3) is 3.59. The molecule has 4 rings (SSSR count). The van der Waals surface area contributed by atoms with Gasteiger partial charge in [0.05, 0.1) is 24.2 Å². The predicted octanol–water partition coefficient (Wildman–Crippen LogP) is 0.812. The van der Waals surface area contributed by atoms with Crippen LogP contribution in [0, 0.1) is 5.92 Å². The number of carbonyl (C=O) groups excluding carboxylic acids is 1. The maximum Gasteiger partial charge on any atom is 0.476 e. The van der Waals surface area contributed by atoms with Crippen LogP contribution in [0.25, 0.3) is 0 Å². The lowest BCUT2D eigenvalue weighted by molar-refractivity contribution is -0.153. The van der Waals surface area contributed by atoms with Gasteiger partial charge in [-0.15, -0.1) is 0 Å². The Bertz CT molecular complexity index is 1070. The highest BCUT2D eigenvalue weighted by Gasteiger charge is 2.89. The normalized spacial score (nSPS) is 38.4. The fourth-order valence-electron chi connectivity index (χ4n) is 4.39. The van der Waals surface area contributed by atoms with Gasteiger partial charge in [-0.1, -0.05) is 6.92 Å². The Morgan fingerprint density at radius 2 is 2.09 bits per heavy atom. The van der Waals surface area contributed by atoms with Gasteiger partial charge >= 0.3 is 19.5 Å². The van der Waals surface area contributed by atoms with E-state index in [2.05, 4.69) is 4.98 Å². The number of aromatic nitrogens is 2. The van der Waals surface area contributed by atoms with Crippen LogP contribution in [-0.2, 0) is 32.4 Å². The summed E-state index contributed by atoms with van der Waals surface area (Å²) in [6, 6.07) is 1.17. The molecule has 0 radical (unpaired) electrons. The zero-order valence-electron chi connectivity index (χ0n) is 18.3. The van der Waals surface area contributed by atoms with E-state index in [1.807, 2.05) is 6.92 Å². The lowest BCUT2D eigenvalue weighted by Gasteiger charge is -2.33. The minimum absolute atomic E-state index is 0.0403. The number of hydrogen-bond acceptors (Lipinski definition) is 10. The molecule has 2 saturated heterocycles. The molecule has 1 aliphatic carbocycles. The molecule has 3 heterocycles. The average Bonchev–Trinajstić information content (AvgIpc) is 3.01. The lowest BCUT2D eigenvalue weighted by Crippen LogP contribution is -2.57. The van der Waals surface area contributed by atoms with Gasteiger partial charge in [0.15, 0.2) is 11.8 Å². The Balaban J connectivity index is 1.42. The second-order valence-electron chi connectivity index (χ2n) is 8.78. The van der Waals surface area contributed by atoms with Gasteiger partial charge in [0, 0.05) is 12.3 Å². The lowest BCUT2D eigenvalue weighted by atomic mass is 9.92. The van der Waals surface area contributed by atoms with Crippen molar-refractivity contribution in [3.05, 3.63) is 33.1 Å². The third-order valence-corrected chi connectivity index (χ3v) is 7.65. The molecule has 3 aliphatic rings. The number of nitrogens with zero attached hydrogens (tertiary/aromatic N) is 1.